The number of nitrogens with zero attached hydrogens (tertiary/aromatic N) is 1. The second-order valence-corrected chi connectivity index (χ2v) is 8.52. The fourth-order valence-electron chi connectivity index (χ4n) is 4.51. The summed E-state index contributed by atoms with van der Waals surface area (Å²) < 4.78 is 32.4. The van der Waals surface area contributed by atoms with Gasteiger partial charge in [-0.3, -0.25) is 4.79 Å². The summed E-state index contributed by atoms with van der Waals surface area (Å²) in [5.74, 6) is -2.88. The normalized spacial score (nSPS) is 18.9. The van der Waals surface area contributed by atoms with Gasteiger partial charge in [0.25, 0.3) is 5.91 Å². The van der Waals surface area contributed by atoms with Crippen LogP contribution in [0.15, 0.2) is 48.5 Å². The molecule has 1 aliphatic rings. The average molecular weight is 509 g/mol. The van der Waals surface area contributed by atoms with Crippen molar-refractivity contribution in [3.63, 3.8) is 0 Å². The van der Waals surface area contributed by atoms with Gasteiger partial charge in [0.2, 0.25) is 0 Å². The van der Waals surface area contributed by atoms with E-state index < -0.39 is 12.1 Å². The summed E-state index contributed by atoms with van der Waals surface area (Å²) >= 11 is 0. The summed E-state index contributed by atoms with van der Waals surface area (Å²) in [4.78, 5) is 38.0. The van der Waals surface area contributed by atoms with Crippen molar-refractivity contribution in [2.45, 2.75) is 52.3 Å². The number of halogens is 3. The van der Waals surface area contributed by atoms with Gasteiger partial charge in [0.1, 0.15) is 12.0 Å². The number of amides is 1. The molecule has 10 heteroatoms. The van der Waals surface area contributed by atoms with Crippen molar-refractivity contribution in [3.8, 4) is 0 Å². The molecule has 2 aromatic rings. The van der Waals surface area contributed by atoms with Crippen molar-refractivity contribution < 1.29 is 41.9 Å². The van der Waals surface area contributed by atoms with Crippen LogP contribution in [-0.4, -0.2) is 48.3 Å². The Hall–Kier alpha value is -3.49. The van der Waals surface area contributed by atoms with Gasteiger partial charge in [-0.15, -0.1) is 0 Å². The zero-order chi connectivity index (χ0) is 27.4. The fraction of sp³-hybridized carbons (Fsp3) is 0.423. The van der Waals surface area contributed by atoms with Crippen molar-refractivity contribution >= 4 is 23.7 Å². The molecule has 2 atom stereocenters. The number of quaternary nitrogens is 1. The van der Waals surface area contributed by atoms with Gasteiger partial charge in [-0.25, -0.2) is 0 Å². The van der Waals surface area contributed by atoms with Crippen LogP contribution in [0.1, 0.15) is 48.9 Å². The largest absolute Gasteiger partial charge is 0.542 e. The van der Waals surface area contributed by atoms with Crippen molar-refractivity contribution in [2.75, 3.05) is 25.0 Å². The highest BCUT2D eigenvalue weighted by atomic mass is 19.4. The van der Waals surface area contributed by atoms with Crippen LogP contribution in [0.3, 0.4) is 0 Å². The van der Waals surface area contributed by atoms with E-state index in [0.717, 1.165) is 40.8 Å². The molecular weight excluding hydrogens is 477 g/mol. The highest BCUT2D eigenvalue weighted by Gasteiger charge is 2.40. The zero-order valence-electron chi connectivity index (χ0n) is 20.6. The first-order valence-corrected chi connectivity index (χ1v) is 11.5. The molecule has 0 aliphatic carbocycles. The lowest BCUT2D eigenvalue weighted by molar-refractivity contribution is -0.953. The van der Waals surface area contributed by atoms with E-state index >= 15 is 0 Å². The van der Waals surface area contributed by atoms with E-state index in [2.05, 4.69) is 68.6 Å². The molecule has 0 bridgehead atoms. The molecule has 2 aromatic carbocycles. The number of rotatable bonds is 5. The Labute approximate surface area is 208 Å². The van der Waals surface area contributed by atoms with Crippen LogP contribution < -0.4 is 10.4 Å². The molecule has 0 spiro atoms. The number of carboxylic acid groups (broad SMARTS) is 1. The number of carbonyl (C=O) groups excluding carboxylic acids is 4. The van der Waals surface area contributed by atoms with Gasteiger partial charge in [-0.05, 0) is 44.7 Å². The standard InChI is InChI=1S/C23H30N2O.C2HF3O2.CO2/c1-4-25(16-9-8-15-21(25)20-13-6-5-7-14-20)17-22(26)24-23-18(2)11-10-12-19(23)3;3-2(4,5)1(6)7;2-1-3/h5-7,10-14,21H,4,8-9,15-17H2,1-3H3;(H,6,7);. The van der Waals surface area contributed by atoms with Crippen LogP contribution in [0, 0.1) is 13.8 Å². The number of likely N-dealkylation sites (tertiary alicyclic amines) is 1. The molecule has 7 nitrogen and oxygen atoms in total. The average Bonchev–Trinajstić information content (AvgIpc) is 2.82. The van der Waals surface area contributed by atoms with Crippen molar-refractivity contribution in [2.24, 2.45) is 0 Å². The number of carboxylic acids is 1. The topological polar surface area (TPSA) is 103 Å². The van der Waals surface area contributed by atoms with Crippen molar-refractivity contribution in [1.29, 1.82) is 0 Å². The first kappa shape index (κ1) is 30.5. The predicted octanol–water partition coefficient (Wildman–Crippen LogP) is 3.72. The van der Waals surface area contributed by atoms with E-state index in [4.69, 9.17) is 19.5 Å². The van der Waals surface area contributed by atoms with Gasteiger partial charge in [0.05, 0.1) is 13.1 Å². The van der Waals surface area contributed by atoms with E-state index in [0.29, 0.717) is 12.6 Å². The van der Waals surface area contributed by atoms with Gasteiger partial charge in [0.15, 0.2) is 6.54 Å². The fourth-order valence-corrected chi connectivity index (χ4v) is 4.51. The lowest BCUT2D eigenvalue weighted by Gasteiger charge is -2.47. The Morgan fingerprint density at radius 3 is 2.03 bits per heavy atom. The third-order valence-corrected chi connectivity index (χ3v) is 6.24. The maximum atomic E-state index is 13.0. The van der Waals surface area contributed by atoms with Gasteiger partial charge >= 0.3 is 12.3 Å². The number of nitrogens with one attached hydrogen (secondary N) is 1. The molecule has 0 radical (unpaired) electrons. The Morgan fingerprint density at radius 1 is 1.03 bits per heavy atom. The molecule has 1 saturated heterocycles. The second kappa shape index (κ2) is 14.2. The minimum absolute atomic E-state index is 0.132. The molecule has 36 heavy (non-hydrogen) atoms. The number of para-hydroxylation sites is 1. The monoisotopic (exact) mass is 508 g/mol. The molecule has 196 valence electrons. The third-order valence-electron chi connectivity index (χ3n) is 6.24. The van der Waals surface area contributed by atoms with Crippen LogP contribution in [0.4, 0.5) is 18.9 Å². The van der Waals surface area contributed by atoms with Crippen LogP contribution in [0.5, 0.6) is 0 Å². The number of likely N-dealkylation sites (N-methyl/N-ethyl adjacent to an activating group) is 1. The number of hydrogen-bond acceptors (Lipinski definition) is 5. The molecule has 1 N–H and O–H groups in total. The Bertz CT molecular complexity index is 1020. The molecule has 1 aliphatic heterocycles. The van der Waals surface area contributed by atoms with Crippen LogP contribution in [0.2, 0.25) is 0 Å². The summed E-state index contributed by atoms with van der Waals surface area (Å²) in [6.07, 6.45) is -1.33. The summed E-state index contributed by atoms with van der Waals surface area (Å²) in [6.45, 7) is 8.95. The summed E-state index contributed by atoms with van der Waals surface area (Å²) in [5.41, 5.74) is 4.59. The minimum atomic E-state index is -5.19. The van der Waals surface area contributed by atoms with E-state index in [-0.39, 0.29) is 12.1 Å². The van der Waals surface area contributed by atoms with Gasteiger partial charge in [-0.2, -0.15) is 22.8 Å². The Kier molecular flexibility index (Phi) is 12.0. The first-order chi connectivity index (χ1) is 16.9. The highest BCUT2D eigenvalue weighted by Crippen LogP contribution is 2.37. The lowest BCUT2D eigenvalue weighted by atomic mass is 9.91. The van der Waals surface area contributed by atoms with Gasteiger partial charge in [0, 0.05) is 17.7 Å². The van der Waals surface area contributed by atoms with E-state index in [1.54, 1.807) is 0 Å². The molecule has 3 rings (SSSR count). The Morgan fingerprint density at radius 2 is 1.56 bits per heavy atom. The van der Waals surface area contributed by atoms with Crippen LogP contribution in [0.25, 0.3) is 0 Å². The summed E-state index contributed by atoms with van der Waals surface area (Å²) in [5, 5.41) is 12.0. The third kappa shape index (κ3) is 8.94. The molecule has 0 aromatic heterocycles. The SMILES string of the molecule is CC[N+]1(CC(=O)Nc2c(C)cccc2C)CCCCC1c1ccccc1.O=C([O-])C(F)(F)F.O=C=O. The molecule has 1 fully saturated rings. The van der Waals surface area contributed by atoms with Gasteiger partial charge < -0.3 is 19.7 Å². The second-order valence-electron chi connectivity index (χ2n) is 8.52. The zero-order valence-corrected chi connectivity index (χ0v) is 20.6. The molecule has 1 amide bonds. The van der Waals surface area contributed by atoms with Crippen molar-refractivity contribution in [1.82, 2.24) is 0 Å². The molecule has 1 heterocycles. The first-order valence-electron chi connectivity index (χ1n) is 11.5. The number of aliphatic carboxylic acids is 1. The molecular formula is C26H31F3N2O5. The maximum absolute atomic E-state index is 13.0. The number of hydrogen-bond donors (Lipinski definition) is 1. The molecule has 0 saturated carbocycles. The molecule has 2 unspecified atom stereocenters. The van der Waals surface area contributed by atoms with Crippen LogP contribution >= 0.6 is 0 Å². The summed E-state index contributed by atoms with van der Waals surface area (Å²) in [6, 6.07) is 17.3. The number of piperidine rings is 1. The number of benzene rings is 2. The summed E-state index contributed by atoms with van der Waals surface area (Å²) in [7, 11) is 0. The number of alkyl halides is 3. The van der Waals surface area contributed by atoms with Crippen LogP contribution in [-0.2, 0) is 19.2 Å². The van der Waals surface area contributed by atoms with E-state index in [9.17, 15) is 18.0 Å². The number of anilines is 1. The predicted molar refractivity (Wildman–Crippen MR) is 124 cm³/mol. The van der Waals surface area contributed by atoms with Crippen molar-refractivity contribution in [3.05, 3.63) is 65.2 Å². The smallest absolute Gasteiger partial charge is 0.430 e. The van der Waals surface area contributed by atoms with Gasteiger partial charge in [-0.1, -0.05) is 48.5 Å². The Balaban J connectivity index is 0.000000552. The number of carbonyl (C=O) groups is 2. The van der Waals surface area contributed by atoms with E-state index in [1.165, 1.54) is 18.4 Å². The maximum Gasteiger partial charge on any atom is 0.430 e. The lowest BCUT2D eigenvalue weighted by Crippen LogP contribution is -2.56. The highest BCUT2D eigenvalue weighted by molar-refractivity contribution is 5.93. The minimum Gasteiger partial charge on any atom is -0.542 e. The quantitative estimate of drug-likeness (QED) is 0.620. The van der Waals surface area contributed by atoms with E-state index in [1.807, 2.05) is 6.07 Å². The number of aryl methyl sites for hydroxylation is 2.